The average molecular weight is 198 g/mol. The minimum atomic E-state index is -0.554. The number of methoxy groups -OCH3 is 1. The van der Waals surface area contributed by atoms with Crippen molar-refractivity contribution in [2.45, 2.75) is 13.8 Å². The fraction of sp³-hybridized carbons (Fsp3) is 0.375. The minimum absolute atomic E-state index is 0.0203. The van der Waals surface area contributed by atoms with Crippen LogP contribution in [0.5, 0.6) is 5.75 Å². The molecule has 6 nitrogen and oxygen atoms in total. The number of hydrogen-bond donors (Lipinski definition) is 0. The van der Waals surface area contributed by atoms with Gasteiger partial charge in [0, 0.05) is 6.92 Å². The predicted molar refractivity (Wildman–Crippen MR) is 48.1 cm³/mol. The van der Waals surface area contributed by atoms with Gasteiger partial charge in [0.15, 0.2) is 5.69 Å². The molecule has 0 aliphatic heterocycles. The Morgan fingerprint density at radius 1 is 1.50 bits per heavy atom. The van der Waals surface area contributed by atoms with Crippen molar-refractivity contribution < 1.29 is 14.4 Å². The number of ether oxygens (including phenoxy) is 1. The van der Waals surface area contributed by atoms with Gasteiger partial charge in [-0.1, -0.05) is 0 Å². The highest BCUT2D eigenvalue weighted by atomic mass is 16.6. The molecule has 0 atom stereocenters. The number of aromatic nitrogens is 1. The van der Waals surface area contributed by atoms with Crippen LogP contribution in [0, 0.1) is 29.2 Å². The van der Waals surface area contributed by atoms with Gasteiger partial charge in [-0.15, -0.1) is 0 Å². The van der Waals surface area contributed by atoms with E-state index in [1.807, 2.05) is 0 Å². The molecule has 6 heteroatoms. The lowest BCUT2D eigenvalue weighted by Gasteiger charge is -2.07. The first-order valence-electron chi connectivity index (χ1n) is 3.90. The maximum absolute atomic E-state index is 11.2. The van der Waals surface area contributed by atoms with Crippen LogP contribution in [0.4, 0.5) is 5.69 Å². The van der Waals surface area contributed by atoms with Crippen molar-refractivity contribution in [2.24, 2.45) is 0 Å². The Kier molecular flexibility index (Phi) is 2.55. The smallest absolute Gasteiger partial charge is 0.326 e. The van der Waals surface area contributed by atoms with Gasteiger partial charge < -0.3 is 9.94 Å². The van der Waals surface area contributed by atoms with Crippen molar-refractivity contribution in [2.75, 3.05) is 7.11 Å². The molecule has 76 valence electrons. The van der Waals surface area contributed by atoms with Gasteiger partial charge in [0.25, 0.3) is 5.75 Å². The molecule has 0 amide bonds. The second kappa shape index (κ2) is 3.49. The third kappa shape index (κ3) is 1.46. The summed E-state index contributed by atoms with van der Waals surface area (Å²) in [6.07, 6.45) is 1.06. The number of hydrogen-bond acceptors (Lipinski definition) is 4. The molecule has 14 heavy (non-hydrogen) atoms. The van der Waals surface area contributed by atoms with Crippen molar-refractivity contribution >= 4 is 5.69 Å². The zero-order valence-corrected chi connectivity index (χ0v) is 8.10. The molecule has 1 heterocycles. The van der Waals surface area contributed by atoms with E-state index in [2.05, 4.69) is 0 Å². The number of rotatable bonds is 2. The summed E-state index contributed by atoms with van der Waals surface area (Å²) in [5.74, 6) is -0.0203. The van der Waals surface area contributed by atoms with Crippen molar-refractivity contribution in [3.05, 3.63) is 32.8 Å². The van der Waals surface area contributed by atoms with Crippen LogP contribution in [0.25, 0.3) is 0 Å². The summed E-state index contributed by atoms with van der Waals surface area (Å²) in [6, 6.07) is 0. The van der Waals surface area contributed by atoms with E-state index in [1.54, 1.807) is 0 Å². The molecule has 0 saturated carbocycles. The van der Waals surface area contributed by atoms with Gasteiger partial charge in [-0.3, -0.25) is 10.1 Å². The largest absolute Gasteiger partial charge is 0.618 e. The number of pyridine rings is 1. The molecular weight excluding hydrogens is 188 g/mol. The number of nitrogens with zero attached hydrogens (tertiary/aromatic N) is 2. The summed E-state index contributed by atoms with van der Waals surface area (Å²) in [7, 11) is 1.29. The molecule has 0 bridgehead atoms. The highest BCUT2D eigenvalue weighted by Gasteiger charge is 2.25. The van der Waals surface area contributed by atoms with E-state index in [1.165, 1.54) is 21.0 Å². The summed E-state index contributed by atoms with van der Waals surface area (Å²) >= 11 is 0. The maximum Gasteiger partial charge on any atom is 0.326 e. The van der Waals surface area contributed by atoms with Gasteiger partial charge >= 0.3 is 5.69 Å². The Balaban J connectivity index is 3.53. The molecule has 1 rings (SSSR count). The third-order valence-electron chi connectivity index (χ3n) is 2.10. The van der Waals surface area contributed by atoms with Gasteiger partial charge in [0.1, 0.15) is 0 Å². The van der Waals surface area contributed by atoms with Crippen molar-refractivity contribution in [1.29, 1.82) is 0 Å². The lowest BCUT2D eigenvalue weighted by atomic mass is 10.2. The van der Waals surface area contributed by atoms with Crippen molar-refractivity contribution in [1.82, 2.24) is 0 Å². The van der Waals surface area contributed by atoms with Gasteiger partial charge in [-0.2, -0.15) is 4.73 Å². The third-order valence-corrected chi connectivity index (χ3v) is 2.10. The highest BCUT2D eigenvalue weighted by Crippen LogP contribution is 2.29. The van der Waals surface area contributed by atoms with E-state index in [-0.39, 0.29) is 11.4 Å². The molecule has 0 saturated heterocycles. The molecule has 0 N–H and O–H groups in total. The number of nitro groups is 1. The fourth-order valence-electron chi connectivity index (χ4n) is 1.16. The topological polar surface area (TPSA) is 79.3 Å². The molecule has 0 fully saturated rings. The summed E-state index contributed by atoms with van der Waals surface area (Å²) in [6.45, 7) is 3.04. The van der Waals surface area contributed by atoms with Crippen molar-refractivity contribution in [3.8, 4) is 5.75 Å². The van der Waals surface area contributed by atoms with Crippen molar-refractivity contribution in [3.63, 3.8) is 0 Å². The van der Waals surface area contributed by atoms with Crippen LogP contribution in [-0.2, 0) is 0 Å². The zero-order valence-electron chi connectivity index (χ0n) is 8.10. The molecule has 0 aromatic carbocycles. The quantitative estimate of drug-likeness (QED) is 0.305. The Bertz CT molecular complexity index is 389. The minimum Gasteiger partial charge on any atom is -0.618 e. The summed E-state index contributed by atoms with van der Waals surface area (Å²) < 4.78 is 5.32. The summed E-state index contributed by atoms with van der Waals surface area (Å²) in [4.78, 5) is 10.1. The first-order valence-corrected chi connectivity index (χ1v) is 3.90. The van der Waals surface area contributed by atoms with E-state index in [9.17, 15) is 15.3 Å². The second-order valence-corrected chi connectivity index (χ2v) is 2.84. The summed E-state index contributed by atoms with van der Waals surface area (Å²) in [5.41, 5.74) is 0.471. The van der Waals surface area contributed by atoms with Crippen LogP contribution in [-0.4, -0.2) is 12.0 Å². The first-order chi connectivity index (χ1) is 6.49. The van der Waals surface area contributed by atoms with Crippen LogP contribution in [0.2, 0.25) is 0 Å². The van der Waals surface area contributed by atoms with E-state index in [0.717, 1.165) is 6.20 Å². The van der Waals surface area contributed by atoms with E-state index < -0.39 is 4.92 Å². The van der Waals surface area contributed by atoms with Gasteiger partial charge in [-0.25, -0.2) is 0 Å². The molecule has 0 unspecified atom stereocenters. The lowest BCUT2D eigenvalue weighted by Crippen LogP contribution is -2.31. The molecule has 1 aromatic rings. The standard InChI is InChI=1S/C8H10N2O4/c1-5-6(2)9(11)4-7(14-3)8(5)10(12)13/h4H,1-3H3. The summed E-state index contributed by atoms with van der Waals surface area (Å²) in [5, 5.41) is 21.9. The van der Waals surface area contributed by atoms with Crippen LogP contribution in [0.15, 0.2) is 6.20 Å². The van der Waals surface area contributed by atoms with Crippen LogP contribution < -0.4 is 9.47 Å². The normalized spacial score (nSPS) is 9.93. The lowest BCUT2D eigenvalue weighted by molar-refractivity contribution is -0.613. The molecular formula is C8H10N2O4. The SMILES string of the molecule is COc1c[n+]([O-])c(C)c(C)c1[N+](=O)[O-]. The van der Waals surface area contributed by atoms with Crippen LogP contribution >= 0.6 is 0 Å². The molecule has 0 aliphatic rings. The fourth-order valence-corrected chi connectivity index (χ4v) is 1.16. The van der Waals surface area contributed by atoms with E-state index in [4.69, 9.17) is 4.74 Å². The average Bonchev–Trinajstić information content (AvgIpc) is 2.12. The maximum atomic E-state index is 11.2. The molecule has 1 aromatic heterocycles. The van der Waals surface area contributed by atoms with E-state index >= 15 is 0 Å². The Labute approximate surface area is 80.5 Å². The molecule has 0 radical (unpaired) electrons. The van der Waals surface area contributed by atoms with E-state index in [0.29, 0.717) is 16.0 Å². The second-order valence-electron chi connectivity index (χ2n) is 2.84. The monoisotopic (exact) mass is 198 g/mol. The first kappa shape index (κ1) is 10.2. The Morgan fingerprint density at radius 3 is 2.50 bits per heavy atom. The Morgan fingerprint density at radius 2 is 2.07 bits per heavy atom. The molecule has 0 spiro atoms. The predicted octanol–water partition coefficient (Wildman–Crippen LogP) is 0.854. The van der Waals surface area contributed by atoms with Gasteiger partial charge in [-0.05, 0) is 6.92 Å². The highest BCUT2D eigenvalue weighted by molar-refractivity contribution is 5.50. The van der Waals surface area contributed by atoms with Crippen LogP contribution in [0.1, 0.15) is 11.3 Å². The zero-order chi connectivity index (χ0) is 10.9. The Hall–Kier alpha value is -1.85. The van der Waals surface area contributed by atoms with Gasteiger partial charge in [0.2, 0.25) is 6.20 Å². The van der Waals surface area contributed by atoms with Gasteiger partial charge in [0.05, 0.1) is 17.6 Å². The van der Waals surface area contributed by atoms with Crippen LogP contribution in [0.3, 0.4) is 0 Å². The molecule has 0 aliphatic carbocycles.